The molecule has 0 aliphatic heterocycles. The SMILES string of the molecule is COCC(N)CS(=O)(=O)c1ccc(C)cc1C. The van der Waals surface area contributed by atoms with Crippen LogP contribution in [0.4, 0.5) is 0 Å². The van der Waals surface area contributed by atoms with Gasteiger partial charge >= 0.3 is 0 Å². The Balaban J connectivity index is 2.97. The lowest BCUT2D eigenvalue weighted by atomic mass is 10.2. The molecular formula is C12H19NO3S. The van der Waals surface area contributed by atoms with E-state index in [0.717, 1.165) is 11.1 Å². The summed E-state index contributed by atoms with van der Waals surface area (Å²) >= 11 is 0. The van der Waals surface area contributed by atoms with Crippen molar-refractivity contribution in [1.29, 1.82) is 0 Å². The summed E-state index contributed by atoms with van der Waals surface area (Å²) in [5.41, 5.74) is 7.49. The molecule has 0 aliphatic rings. The van der Waals surface area contributed by atoms with Crippen LogP contribution in [-0.2, 0) is 14.6 Å². The summed E-state index contributed by atoms with van der Waals surface area (Å²) in [6.07, 6.45) is 0. The van der Waals surface area contributed by atoms with Gasteiger partial charge in [-0.25, -0.2) is 8.42 Å². The molecule has 0 saturated carbocycles. The largest absolute Gasteiger partial charge is 0.383 e. The molecule has 4 nitrogen and oxygen atoms in total. The Morgan fingerprint density at radius 1 is 1.35 bits per heavy atom. The quantitative estimate of drug-likeness (QED) is 0.856. The number of rotatable bonds is 5. The third-order valence-corrected chi connectivity index (χ3v) is 4.47. The van der Waals surface area contributed by atoms with Crippen molar-refractivity contribution in [2.45, 2.75) is 24.8 Å². The van der Waals surface area contributed by atoms with Gasteiger partial charge in [0, 0.05) is 13.2 Å². The number of benzene rings is 1. The van der Waals surface area contributed by atoms with Gasteiger partial charge in [-0.1, -0.05) is 17.7 Å². The first-order chi connectivity index (χ1) is 7.86. The highest BCUT2D eigenvalue weighted by atomic mass is 32.2. The number of aryl methyl sites for hydroxylation is 2. The van der Waals surface area contributed by atoms with E-state index < -0.39 is 15.9 Å². The maximum atomic E-state index is 12.1. The van der Waals surface area contributed by atoms with E-state index in [4.69, 9.17) is 10.5 Å². The molecular weight excluding hydrogens is 238 g/mol. The summed E-state index contributed by atoms with van der Waals surface area (Å²) < 4.78 is 29.1. The average molecular weight is 257 g/mol. The van der Waals surface area contributed by atoms with Crippen molar-refractivity contribution in [1.82, 2.24) is 0 Å². The standard InChI is InChI=1S/C12H19NO3S/c1-9-4-5-12(10(2)6-9)17(14,15)8-11(13)7-16-3/h4-6,11H,7-8,13H2,1-3H3. The maximum Gasteiger partial charge on any atom is 0.180 e. The zero-order valence-electron chi connectivity index (χ0n) is 10.4. The summed E-state index contributed by atoms with van der Waals surface area (Å²) in [6.45, 7) is 3.96. The third-order valence-electron chi connectivity index (χ3n) is 2.48. The summed E-state index contributed by atoms with van der Waals surface area (Å²) in [4.78, 5) is 0.356. The molecule has 0 saturated heterocycles. The topological polar surface area (TPSA) is 69.4 Å². The number of hydrogen-bond acceptors (Lipinski definition) is 4. The van der Waals surface area contributed by atoms with Gasteiger partial charge in [0.1, 0.15) is 0 Å². The molecule has 0 fully saturated rings. The van der Waals surface area contributed by atoms with Crippen molar-refractivity contribution < 1.29 is 13.2 Å². The van der Waals surface area contributed by atoms with Crippen LogP contribution >= 0.6 is 0 Å². The van der Waals surface area contributed by atoms with Gasteiger partial charge in [-0.3, -0.25) is 0 Å². The lowest BCUT2D eigenvalue weighted by Crippen LogP contribution is -2.33. The third kappa shape index (κ3) is 3.80. The van der Waals surface area contributed by atoms with Crippen LogP contribution in [0, 0.1) is 13.8 Å². The number of sulfone groups is 1. The van der Waals surface area contributed by atoms with Crippen molar-refractivity contribution in [3.8, 4) is 0 Å². The fourth-order valence-electron chi connectivity index (χ4n) is 1.78. The Morgan fingerprint density at radius 3 is 2.53 bits per heavy atom. The van der Waals surface area contributed by atoms with Crippen LogP contribution in [0.1, 0.15) is 11.1 Å². The smallest absolute Gasteiger partial charge is 0.180 e. The van der Waals surface area contributed by atoms with Gasteiger partial charge < -0.3 is 10.5 Å². The van der Waals surface area contributed by atoms with Crippen LogP contribution in [0.15, 0.2) is 23.1 Å². The van der Waals surface area contributed by atoms with E-state index in [2.05, 4.69) is 0 Å². The van der Waals surface area contributed by atoms with E-state index in [0.29, 0.717) is 4.90 Å². The molecule has 0 amide bonds. The van der Waals surface area contributed by atoms with Gasteiger partial charge in [-0.15, -0.1) is 0 Å². The molecule has 1 atom stereocenters. The highest BCUT2D eigenvalue weighted by Crippen LogP contribution is 2.18. The maximum absolute atomic E-state index is 12.1. The van der Waals surface area contributed by atoms with Crippen molar-refractivity contribution in [3.63, 3.8) is 0 Å². The fraction of sp³-hybridized carbons (Fsp3) is 0.500. The normalized spacial score (nSPS) is 13.6. The Hall–Kier alpha value is -0.910. The molecule has 0 spiro atoms. The molecule has 5 heteroatoms. The lowest BCUT2D eigenvalue weighted by Gasteiger charge is -2.13. The monoisotopic (exact) mass is 257 g/mol. The summed E-state index contributed by atoms with van der Waals surface area (Å²) in [7, 11) is -1.83. The molecule has 0 radical (unpaired) electrons. The molecule has 1 rings (SSSR count). The Morgan fingerprint density at radius 2 is 2.00 bits per heavy atom. The van der Waals surface area contributed by atoms with E-state index >= 15 is 0 Å². The molecule has 0 bridgehead atoms. The van der Waals surface area contributed by atoms with Crippen molar-refractivity contribution in [2.24, 2.45) is 5.73 Å². The number of ether oxygens (including phenoxy) is 1. The van der Waals surface area contributed by atoms with Crippen molar-refractivity contribution in [2.75, 3.05) is 19.5 Å². The van der Waals surface area contributed by atoms with Gasteiger partial charge in [0.15, 0.2) is 9.84 Å². The molecule has 2 N–H and O–H groups in total. The predicted molar refractivity (Wildman–Crippen MR) is 67.8 cm³/mol. The summed E-state index contributed by atoms with van der Waals surface area (Å²) in [6, 6.07) is 4.79. The average Bonchev–Trinajstić information content (AvgIpc) is 2.15. The van der Waals surface area contributed by atoms with Gasteiger partial charge in [-0.05, 0) is 25.5 Å². The van der Waals surface area contributed by atoms with Gasteiger partial charge in [0.2, 0.25) is 0 Å². The van der Waals surface area contributed by atoms with E-state index in [1.807, 2.05) is 13.0 Å². The summed E-state index contributed by atoms with van der Waals surface area (Å²) in [5.74, 6) is -0.0925. The van der Waals surface area contributed by atoms with Gasteiger partial charge in [0.05, 0.1) is 17.3 Å². The predicted octanol–water partition coefficient (Wildman–Crippen LogP) is 1.05. The Bertz CT molecular complexity index is 483. The minimum absolute atomic E-state index is 0.0925. The first-order valence-electron chi connectivity index (χ1n) is 5.41. The van der Waals surface area contributed by atoms with Crippen molar-refractivity contribution >= 4 is 9.84 Å². The fourth-order valence-corrected chi connectivity index (χ4v) is 3.45. The molecule has 0 heterocycles. The van der Waals surface area contributed by atoms with Crippen molar-refractivity contribution in [3.05, 3.63) is 29.3 Å². The van der Waals surface area contributed by atoms with E-state index in [-0.39, 0.29) is 12.4 Å². The molecule has 0 aromatic heterocycles. The molecule has 1 unspecified atom stereocenters. The minimum Gasteiger partial charge on any atom is -0.383 e. The van der Waals surface area contributed by atoms with E-state index in [9.17, 15) is 8.42 Å². The molecule has 96 valence electrons. The van der Waals surface area contributed by atoms with Crippen LogP contribution < -0.4 is 5.73 Å². The molecule has 1 aromatic carbocycles. The number of nitrogens with two attached hydrogens (primary N) is 1. The first kappa shape index (κ1) is 14.2. The second kappa shape index (κ2) is 5.62. The van der Waals surface area contributed by atoms with Crippen LogP contribution in [0.2, 0.25) is 0 Å². The highest BCUT2D eigenvalue weighted by Gasteiger charge is 2.20. The minimum atomic E-state index is -3.33. The number of methoxy groups -OCH3 is 1. The zero-order valence-corrected chi connectivity index (χ0v) is 11.3. The lowest BCUT2D eigenvalue weighted by molar-refractivity contribution is 0.186. The second-order valence-electron chi connectivity index (χ2n) is 4.27. The van der Waals surface area contributed by atoms with Crippen LogP contribution in [0.3, 0.4) is 0 Å². The molecule has 17 heavy (non-hydrogen) atoms. The van der Waals surface area contributed by atoms with Crippen LogP contribution in [-0.4, -0.2) is 33.9 Å². The van der Waals surface area contributed by atoms with E-state index in [1.54, 1.807) is 19.1 Å². The second-order valence-corrected chi connectivity index (χ2v) is 6.27. The zero-order chi connectivity index (χ0) is 13.1. The first-order valence-corrected chi connectivity index (χ1v) is 7.06. The molecule has 0 aliphatic carbocycles. The van der Waals surface area contributed by atoms with Crippen LogP contribution in [0.5, 0.6) is 0 Å². The number of hydrogen-bond donors (Lipinski definition) is 1. The van der Waals surface area contributed by atoms with Gasteiger partial charge in [0.25, 0.3) is 0 Å². The summed E-state index contributed by atoms with van der Waals surface area (Å²) in [5, 5.41) is 0. The Labute approximate surface area is 103 Å². The van der Waals surface area contributed by atoms with Gasteiger partial charge in [-0.2, -0.15) is 0 Å². The molecule has 1 aromatic rings. The van der Waals surface area contributed by atoms with E-state index in [1.165, 1.54) is 7.11 Å². The highest BCUT2D eigenvalue weighted by molar-refractivity contribution is 7.91. The van der Waals surface area contributed by atoms with Crippen LogP contribution in [0.25, 0.3) is 0 Å². The Kier molecular flexibility index (Phi) is 4.68.